The number of nitrogens with zero attached hydrogens (tertiary/aromatic N) is 3. The van der Waals surface area contributed by atoms with Gasteiger partial charge in [0.05, 0.1) is 18.1 Å². The number of nitro groups is 1. The molecule has 1 amide bonds. The van der Waals surface area contributed by atoms with Crippen molar-refractivity contribution in [1.29, 1.82) is 0 Å². The lowest BCUT2D eigenvalue weighted by molar-refractivity contribution is -0.385. The van der Waals surface area contributed by atoms with Gasteiger partial charge in [0.1, 0.15) is 17.6 Å². The zero-order chi connectivity index (χ0) is 13.8. The Morgan fingerprint density at radius 1 is 1.53 bits per heavy atom. The molecule has 9 heteroatoms. The van der Waals surface area contributed by atoms with Gasteiger partial charge < -0.3 is 10.5 Å². The van der Waals surface area contributed by atoms with Crippen LogP contribution in [0.4, 0.5) is 11.5 Å². The molecule has 2 rings (SSSR count). The van der Waals surface area contributed by atoms with E-state index in [1.165, 1.54) is 6.07 Å². The number of amides is 1. The molecule has 0 aliphatic carbocycles. The largest absolute Gasteiger partial charge is 0.384 e. The highest BCUT2D eigenvalue weighted by atomic mass is 16.6. The van der Waals surface area contributed by atoms with Crippen LogP contribution in [0.5, 0.6) is 0 Å². The molecule has 2 heterocycles. The minimum absolute atomic E-state index is 0.0535. The molecule has 3 N–H and O–H groups in total. The quantitative estimate of drug-likeness (QED) is 0.561. The summed E-state index contributed by atoms with van der Waals surface area (Å²) in [7, 11) is 0. The van der Waals surface area contributed by atoms with Crippen molar-refractivity contribution >= 4 is 17.4 Å². The Morgan fingerprint density at radius 2 is 2.21 bits per heavy atom. The summed E-state index contributed by atoms with van der Waals surface area (Å²) in [6.07, 6.45) is 0.976. The van der Waals surface area contributed by atoms with Crippen molar-refractivity contribution < 1.29 is 14.5 Å². The molecule has 0 saturated carbocycles. The first-order valence-corrected chi connectivity index (χ1v) is 5.61. The lowest BCUT2D eigenvalue weighted by atomic mass is 10.2. The van der Waals surface area contributed by atoms with Crippen LogP contribution in [0, 0.1) is 10.1 Å². The maximum Gasteiger partial charge on any atom is 0.300 e. The molecule has 0 aromatic carbocycles. The molecule has 0 radical (unpaired) electrons. The van der Waals surface area contributed by atoms with Crippen LogP contribution in [0.2, 0.25) is 0 Å². The van der Waals surface area contributed by atoms with Crippen LogP contribution >= 0.6 is 0 Å². The topological polar surface area (TPSA) is 124 Å². The molecule has 102 valence electrons. The number of pyridine rings is 1. The third-order valence-electron chi connectivity index (χ3n) is 2.62. The van der Waals surface area contributed by atoms with Crippen molar-refractivity contribution in [3.63, 3.8) is 0 Å². The molecule has 1 aromatic heterocycles. The summed E-state index contributed by atoms with van der Waals surface area (Å²) in [5.74, 6) is -0.527. The number of hydrazine groups is 1. The van der Waals surface area contributed by atoms with Gasteiger partial charge in [-0.2, -0.15) is 0 Å². The second kappa shape index (κ2) is 5.59. The number of anilines is 1. The molecular weight excluding hydrogens is 254 g/mol. The number of morpholine rings is 1. The van der Waals surface area contributed by atoms with Crippen LogP contribution in [0.1, 0.15) is 10.4 Å². The zero-order valence-electron chi connectivity index (χ0n) is 10.0. The number of rotatable bonds is 3. The summed E-state index contributed by atoms with van der Waals surface area (Å²) in [6, 6.07) is 1.19. The zero-order valence-corrected chi connectivity index (χ0v) is 10.0. The van der Waals surface area contributed by atoms with E-state index in [0.29, 0.717) is 26.3 Å². The van der Waals surface area contributed by atoms with E-state index in [1.807, 2.05) is 0 Å². The second-order valence-corrected chi connectivity index (χ2v) is 3.92. The molecule has 1 aliphatic heterocycles. The number of hydrogen-bond acceptors (Lipinski definition) is 7. The van der Waals surface area contributed by atoms with Gasteiger partial charge in [0.25, 0.3) is 11.6 Å². The van der Waals surface area contributed by atoms with E-state index in [-0.39, 0.29) is 17.1 Å². The molecule has 1 fully saturated rings. The Hall–Kier alpha value is -2.26. The lowest BCUT2D eigenvalue weighted by Crippen LogP contribution is -2.48. The van der Waals surface area contributed by atoms with Crippen molar-refractivity contribution in [1.82, 2.24) is 15.4 Å². The normalized spacial score (nSPS) is 16.0. The van der Waals surface area contributed by atoms with Crippen molar-refractivity contribution in [2.45, 2.75) is 0 Å². The maximum absolute atomic E-state index is 12.0. The summed E-state index contributed by atoms with van der Waals surface area (Å²) in [6.45, 7) is 2.06. The van der Waals surface area contributed by atoms with Crippen LogP contribution < -0.4 is 11.2 Å². The summed E-state index contributed by atoms with van der Waals surface area (Å²) in [5, 5.41) is 12.5. The summed E-state index contributed by atoms with van der Waals surface area (Å²) in [5.41, 5.74) is 7.55. The van der Waals surface area contributed by atoms with Crippen molar-refractivity contribution in [3.05, 3.63) is 27.9 Å². The third-order valence-corrected chi connectivity index (χ3v) is 2.62. The number of aromatic nitrogens is 1. The van der Waals surface area contributed by atoms with Gasteiger partial charge in [0.15, 0.2) is 0 Å². The van der Waals surface area contributed by atoms with Crippen molar-refractivity contribution in [3.8, 4) is 0 Å². The molecule has 0 spiro atoms. The standard InChI is InChI=1S/C10H13N5O4/c11-9-5-7(8(6-12-9)15(17)18)10(16)13-14-1-3-19-4-2-14/h5-6H,1-4H2,(H2,11,12)(H,13,16). The number of carbonyl (C=O) groups is 1. The Balaban J connectivity index is 2.17. The highest BCUT2D eigenvalue weighted by Gasteiger charge is 2.23. The predicted molar refractivity (Wildman–Crippen MR) is 65.2 cm³/mol. The number of carbonyl (C=O) groups excluding carboxylic acids is 1. The SMILES string of the molecule is Nc1cc(C(=O)NN2CCOCC2)c([N+](=O)[O-])cn1. The number of nitrogens with one attached hydrogen (secondary N) is 1. The van der Waals surface area contributed by atoms with E-state index >= 15 is 0 Å². The Bertz CT molecular complexity index is 501. The minimum Gasteiger partial charge on any atom is -0.384 e. The molecule has 1 aliphatic rings. The first-order valence-electron chi connectivity index (χ1n) is 5.61. The van der Waals surface area contributed by atoms with Crippen LogP contribution in [0.3, 0.4) is 0 Å². The Kier molecular flexibility index (Phi) is 3.88. The minimum atomic E-state index is -0.666. The van der Waals surface area contributed by atoms with E-state index in [1.54, 1.807) is 5.01 Å². The number of ether oxygens (including phenoxy) is 1. The fraction of sp³-hybridized carbons (Fsp3) is 0.400. The van der Waals surface area contributed by atoms with E-state index in [4.69, 9.17) is 10.5 Å². The molecule has 1 aromatic rings. The van der Waals surface area contributed by atoms with Crippen molar-refractivity contribution in [2.24, 2.45) is 0 Å². The smallest absolute Gasteiger partial charge is 0.300 e. The van der Waals surface area contributed by atoms with Crippen LogP contribution in [-0.4, -0.2) is 47.1 Å². The molecular formula is C10H13N5O4. The molecule has 0 atom stereocenters. The first-order chi connectivity index (χ1) is 9.08. The van der Waals surface area contributed by atoms with Gasteiger partial charge in [0, 0.05) is 19.2 Å². The predicted octanol–water partition coefficient (Wildman–Crippen LogP) is -0.451. The molecule has 0 unspecified atom stereocenters. The van der Waals surface area contributed by atoms with Crippen LogP contribution in [0.15, 0.2) is 12.3 Å². The second-order valence-electron chi connectivity index (χ2n) is 3.92. The fourth-order valence-electron chi connectivity index (χ4n) is 1.67. The van der Waals surface area contributed by atoms with Crippen LogP contribution in [0.25, 0.3) is 0 Å². The van der Waals surface area contributed by atoms with Gasteiger partial charge in [-0.1, -0.05) is 0 Å². The maximum atomic E-state index is 12.0. The van der Waals surface area contributed by atoms with Gasteiger partial charge in [0.2, 0.25) is 0 Å². The van der Waals surface area contributed by atoms with Gasteiger partial charge in [-0.15, -0.1) is 0 Å². The third kappa shape index (κ3) is 3.14. The molecule has 9 nitrogen and oxygen atoms in total. The Labute approximate surface area is 108 Å². The summed E-state index contributed by atoms with van der Waals surface area (Å²) >= 11 is 0. The number of nitrogens with two attached hydrogens (primary N) is 1. The number of hydrogen-bond donors (Lipinski definition) is 2. The van der Waals surface area contributed by atoms with E-state index in [2.05, 4.69) is 10.4 Å². The van der Waals surface area contributed by atoms with Gasteiger partial charge in [-0.25, -0.2) is 9.99 Å². The van der Waals surface area contributed by atoms with E-state index in [0.717, 1.165) is 6.20 Å². The highest BCUT2D eigenvalue weighted by molar-refractivity contribution is 5.98. The van der Waals surface area contributed by atoms with Crippen LogP contribution in [-0.2, 0) is 4.74 Å². The van der Waals surface area contributed by atoms with E-state index in [9.17, 15) is 14.9 Å². The highest BCUT2D eigenvalue weighted by Crippen LogP contribution is 2.18. The first kappa shape index (κ1) is 13.2. The lowest BCUT2D eigenvalue weighted by Gasteiger charge is -2.26. The van der Waals surface area contributed by atoms with Crippen molar-refractivity contribution in [2.75, 3.05) is 32.0 Å². The fourth-order valence-corrected chi connectivity index (χ4v) is 1.67. The molecule has 0 bridgehead atoms. The number of nitrogen functional groups attached to an aromatic ring is 1. The average Bonchev–Trinajstić information content (AvgIpc) is 2.39. The summed E-state index contributed by atoms with van der Waals surface area (Å²) in [4.78, 5) is 25.8. The monoisotopic (exact) mass is 267 g/mol. The summed E-state index contributed by atoms with van der Waals surface area (Å²) < 4.78 is 5.14. The average molecular weight is 267 g/mol. The van der Waals surface area contributed by atoms with Gasteiger partial charge in [-0.05, 0) is 0 Å². The Morgan fingerprint density at radius 3 is 2.84 bits per heavy atom. The molecule has 1 saturated heterocycles. The molecule has 19 heavy (non-hydrogen) atoms. The van der Waals surface area contributed by atoms with E-state index < -0.39 is 10.8 Å². The van der Waals surface area contributed by atoms with Gasteiger partial charge >= 0.3 is 0 Å². The van der Waals surface area contributed by atoms with Gasteiger partial charge in [-0.3, -0.25) is 20.3 Å².